The fourth-order valence-electron chi connectivity index (χ4n) is 1.31. The Balaban J connectivity index is 2.59. The maximum absolute atomic E-state index is 5.86. The minimum absolute atomic E-state index is 0.538. The van der Waals surface area contributed by atoms with E-state index in [4.69, 9.17) is 11.5 Å². The molecule has 0 amide bonds. The summed E-state index contributed by atoms with van der Waals surface area (Å²) in [6.45, 7) is 0. The lowest BCUT2D eigenvalue weighted by Crippen LogP contribution is -1.99. The van der Waals surface area contributed by atoms with Crippen molar-refractivity contribution >= 4 is 43.2 Å². The molecule has 0 radical (unpaired) electrons. The molecule has 0 unspecified atom stereocenters. The number of hydrogen-bond acceptors (Lipinski definition) is 4. The quantitative estimate of drug-likeness (QED) is 0.834. The van der Waals surface area contributed by atoms with Gasteiger partial charge >= 0.3 is 0 Å². The number of nitrogens with zero attached hydrogens (tertiary/aromatic N) is 2. The standard InChI is InChI=1S/C10H8Br2N4/c11-5-1-7(13)9(15-3-5)10-8(14)2-6(12)4-16-10/h1-4H,13-14H2. The van der Waals surface area contributed by atoms with E-state index >= 15 is 0 Å². The molecule has 4 nitrogen and oxygen atoms in total. The van der Waals surface area contributed by atoms with Crippen LogP contribution in [0.2, 0.25) is 0 Å². The highest BCUT2D eigenvalue weighted by Gasteiger charge is 2.10. The molecule has 2 heterocycles. The second-order valence-electron chi connectivity index (χ2n) is 3.18. The number of hydrogen-bond donors (Lipinski definition) is 2. The highest BCUT2D eigenvalue weighted by molar-refractivity contribution is 9.10. The number of nitrogens with two attached hydrogens (primary N) is 2. The van der Waals surface area contributed by atoms with Gasteiger partial charge in [0.25, 0.3) is 0 Å². The van der Waals surface area contributed by atoms with Gasteiger partial charge in [0.2, 0.25) is 0 Å². The van der Waals surface area contributed by atoms with E-state index in [9.17, 15) is 0 Å². The number of pyridine rings is 2. The van der Waals surface area contributed by atoms with Gasteiger partial charge in [-0.3, -0.25) is 9.97 Å². The minimum Gasteiger partial charge on any atom is -0.397 e. The molecule has 0 atom stereocenters. The van der Waals surface area contributed by atoms with Gasteiger partial charge in [-0.25, -0.2) is 0 Å². The van der Waals surface area contributed by atoms with E-state index < -0.39 is 0 Å². The van der Waals surface area contributed by atoms with Crippen molar-refractivity contribution in [1.82, 2.24) is 9.97 Å². The molecule has 0 aliphatic rings. The monoisotopic (exact) mass is 342 g/mol. The summed E-state index contributed by atoms with van der Waals surface area (Å²) in [7, 11) is 0. The van der Waals surface area contributed by atoms with Crippen LogP contribution in [0.4, 0.5) is 11.4 Å². The van der Waals surface area contributed by atoms with E-state index in [1.807, 2.05) is 0 Å². The summed E-state index contributed by atoms with van der Waals surface area (Å²) < 4.78 is 1.65. The topological polar surface area (TPSA) is 77.8 Å². The van der Waals surface area contributed by atoms with Crippen LogP contribution in [0.15, 0.2) is 33.5 Å². The molecule has 4 N–H and O–H groups in total. The Hall–Kier alpha value is -1.14. The molecule has 0 bridgehead atoms. The first-order valence-electron chi connectivity index (χ1n) is 4.40. The van der Waals surface area contributed by atoms with Crippen LogP contribution < -0.4 is 11.5 Å². The maximum atomic E-state index is 5.86. The number of aromatic nitrogens is 2. The minimum atomic E-state index is 0.538. The van der Waals surface area contributed by atoms with E-state index in [0.29, 0.717) is 22.8 Å². The van der Waals surface area contributed by atoms with Crippen molar-refractivity contribution in [3.63, 3.8) is 0 Å². The van der Waals surface area contributed by atoms with Crippen LogP contribution in [0.3, 0.4) is 0 Å². The fraction of sp³-hybridized carbons (Fsp3) is 0. The summed E-state index contributed by atoms with van der Waals surface area (Å²) in [4.78, 5) is 8.42. The lowest BCUT2D eigenvalue weighted by Gasteiger charge is -2.07. The molecule has 0 aliphatic heterocycles. The lowest BCUT2D eigenvalue weighted by molar-refractivity contribution is 1.24. The first-order valence-corrected chi connectivity index (χ1v) is 5.99. The third-order valence-electron chi connectivity index (χ3n) is 1.99. The molecule has 2 rings (SSSR count). The van der Waals surface area contributed by atoms with Crippen molar-refractivity contribution in [2.45, 2.75) is 0 Å². The smallest absolute Gasteiger partial charge is 0.114 e. The second kappa shape index (κ2) is 4.39. The summed E-state index contributed by atoms with van der Waals surface area (Å²) in [6.07, 6.45) is 3.32. The normalized spacial score (nSPS) is 10.4. The second-order valence-corrected chi connectivity index (χ2v) is 5.01. The highest BCUT2D eigenvalue weighted by Crippen LogP contribution is 2.29. The summed E-state index contributed by atoms with van der Waals surface area (Å²) >= 11 is 6.59. The Bertz CT molecular complexity index is 493. The Morgan fingerprint density at radius 2 is 1.19 bits per heavy atom. The van der Waals surface area contributed by atoms with E-state index in [-0.39, 0.29) is 0 Å². The van der Waals surface area contributed by atoms with Gasteiger partial charge in [0.05, 0.1) is 11.4 Å². The third-order valence-corrected chi connectivity index (χ3v) is 2.86. The van der Waals surface area contributed by atoms with Crippen LogP contribution in [-0.4, -0.2) is 9.97 Å². The summed E-state index contributed by atoms with van der Waals surface area (Å²) in [5.74, 6) is 0. The fourth-order valence-corrected chi connectivity index (χ4v) is 2.00. The lowest BCUT2D eigenvalue weighted by atomic mass is 10.2. The van der Waals surface area contributed by atoms with Gasteiger partial charge in [-0.1, -0.05) is 0 Å². The van der Waals surface area contributed by atoms with Crippen molar-refractivity contribution < 1.29 is 0 Å². The maximum Gasteiger partial charge on any atom is 0.114 e. The predicted octanol–water partition coefficient (Wildman–Crippen LogP) is 2.83. The van der Waals surface area contributed by atoms with Crippen LogP contribution in [0.1, 0.15) is 0 Å². The molecule has 16 heavy (non-hydrogen) atoms. The van der Waals surface area contributed by atoms with Gasteiger partial charge in [-0.05, 0) is 44.0 Å². The summed E-state index contributed by atoms with van der Waals surface area (Å²) in [5.41, 5.74) is 14.0. The largest absolute Gasteiger partial charge is 0.397 e. The van der Waals surface area contributed by atoms with Crippen molar-refractivity contribution in [3.8, 4) is 11.4 Å². The van der Waals surface area contributed by atoms with Gasteiger partial charge in [0.1, 0.15) is 11.4 Å². The van der Waals surface area contributed by atoms with Crippen molar-refractivity contribution in [2.24, 2.45) is 0 Å². The van der Waals surface area contributed by atoms with Crippen LogP contribution >= 0.6 is 31.9 Å². The van der Waals surface area contributed by atoms with Gasteiger partial charge in [-0.15, -0.1) is 0 Å². The number of anilines is 2. The molecule has 2 aromatic heterocycles. The molecule has 0 saturated carbocycles. The number of rotatable bonds is 1. The molecule has 0 aromatic carbocycles. The SMILES string of the molecule is Nc1cc(Br)cnc1-c1ncc(Br)cc1N. The number of halogens is 2. The average molecular weight is 344 g/mol. The molecule has 2 aromatic rings. The summed E-state index contributed by atoms with van der Waals surface area (Å²) in [5, 5.41) is 0. The first kappa shape index (κ1) is 11.3. The Morgan fingerprint density at radius 3 is 1.50 bits per heavy atom. The average Bonchev–Trinajstić information content (AvgIpc) is 2.19. The van der Waals surface area contributed by atoms with E-state index in [2.05, 4.69) is 41.8 Å². The molecular weight excluding hydrogens is 336 g/mol. The predicted molar refractivity (Wildman–Crippen MR) is 71.7 cm³/mol. The van der Waals surface area contributed by atoms with Gasteiger partial charge in [0, 0.05) is 21.3 Å². The van der Waals surface area contributed by atoms with Crippen molar-refractivity contribution in [1.29, 1.82) is 0 Å². The van der Waals surface area contributed by atoms with E-state index in [0.717, 1.165) is 8.95 Å². The van der Waals surface area contributed by atoms with Gasteiger partial charge in [-0.2, -0.15) is 0 Å². The van der Waals surface area contributed by atoms with Gasteiger partial charge in [0.15, 0.2) is 0 Å². The molecule has 0 saturated heterocycles. The molecule has 82 valence electrons. The molecular formula is C10H8Br2N4. The molecule has 0 spiro atoms. The highest BCUT2D eigenvalue weighted by atomic mass is 79.9. The Morgan fingerprint density at radius 1 is 0.812 bits per heavy atom. The Kier molecular flexibility index (Phi) is 3.11. The first-order chi connectivity index (χ1) is 7.58. The molecule has 0 fully saturated rings. The molecule has 0 aliphatic carbocycles. The van der Waals surface area contributed by atoms with Crippen molar-refractivity contribution in [2.75, 3.05) is 11.5 Å². The Labute approximate surface area is 109 Å². The van der Waals surface area contributed by atoms with Crippen LogP contribution in [0.5, 0.6) is 0 Å². The van der Waals surface area contributed by atoms with Crippen LogP contribution in [0.25, 0.3) is 11.4 Å². The molecule has 6 heteroatoms. The van der Waals surface area contributed by atoms with Crippen LogP contribution in [0, 0.1) is 0 Å². The summed E-state index contributed by atoms with van der Waals surface area (Å²) in [6, 6.07) is 3.54. The zero-order chi connectivity index (χ0) is 11.7. The zero-order valence-corrected chi connectivity index (χ0v) is 11.3. The van der Waals surface area contributed by atoms with Crippen LogP contribution in [-0.2, 0) is 0 Å². The number of nitrogen functional groups attached to an aromatic ring is 2. The zero-order valence-electron chi connectivity index (χ0n) is 8.11. The third kappa shape index (κ3) is 2.17. The van der Waals surface area contributed by atoms with Crippen molar-refractivity contribution in [3.05, 3.63) is 33.5 Å². The van der Waals surface area contributed by atoms with Gasteiger partial charge < -0.3 is 11.5 Å². The van der Waals surface area contributed by atoms with E-state index in [1.165, 1.54) is 0 Å². The van der Waals surface area contributed by atoms with E-state index in [1.54, 1.807) is 24.5 Å².